The molecule has 1 saturated heterocycles. The van der Waals surface area contributed by atoms with Crippen molar-refractivity contribution in [3.05, 3.63) is 100 Å². The first-order valence-corrected chi connectivity index (χ1v) is 15.7. The molecule has 2 atom stereocenters. The first kappa shape index (κ1) is 28.9. The summed E-state index contributed by atoms with van der Waals surface area (Å²) in [5.41, 5.74) is 2.36. The van der Waals surface area contributed by atoms with E-state index in [0.29, 0.717) is 45.6 Å². The van der Waals surface area contributed by atoms with Crippen LogP contribution >= 0.6 is 23.1 Å². The van der Waals surface area contributed by atoms with Gasteiger partial charge in [0.25, 0.3) is 5.78 Å². The van der Waals surface area contributed by atoms with E-state index in [1.807, 2.05) is 13.8 Å². The molecule has 0 unspecified atom stereocenters. The average molecular weight is 618 g/mol. The molecule has 0 bridgehead atoms. The molecule has 0 spiro atoms. The summed E-state index contributed by atoms with van der Waals surface area (Å²) in [4.78, 5) is 28.5. The van der Waals surface area contributed by atoms with Gasteiger partial charge in [-0.2, -0.15) is 0 Å². The fourth-order valence-corrected chi connectivity index (χ4v) is 7.03. The molecule has 2 aliphatic heterocycles. The largest absolute Gasteiger partial charge is 0.507 e. The van der Waals surface area contributed by atoms with Gasteiger partial charge in [-0.25, -0.2) is 4.39 Å². The number of carbonyl (C=O) groups excluding carboxylic acids is 2. The molecular formula is C32H28FN3O5S2. The minimum Gasteiger partial charge on any atom is -0.507 e. The number of rotatable bonds is 9. The summed E-state index contributed by atoms with van der Waals surface area (Å²) in [6, 6.07) is 17.9. The zero-order valence-corrected chi connectivity index (χ0v) is 25.1. The molecule has 11 heteroatoms. The Morgan fingerprint density at radius 3 is 2.79 bits per heavy atom. The maximum absolute atomic E-state index is 14.2. The lowest BCUT2D eigenvalue weighted by Gasteiger charge is -2.23. The standard InChI is InChI=1S/C32H28FN3O5S2/c1-3-13-40-23-9-6-8-19(16-23)27-26(28(37)20-11-12-25-22(15-20)14-18(2)41-25)29(38)30(39)36(27)31-34-35-32(43-31)42-17-21-7-4-5-10-24(21)33/h4-12,15-16,18,27,37H,3,13-14,17H2,1-2H3/b28-26+/t18-,27+/m1/s1. The van der Waals surface area contributed by atoms with Crippen molar-refractivity contribution in [1.29, 1.82) is 0 Å². The van der Waals surface area contributed by atoms with Crippen LogP contribution in [0.1, 0.15) is 48.6 Å². The van der Waals surface area contributed by atoms with E-state index in [4.69, 9.17) is 9.47 Å². The second kappa shape index (κ2) is 12.2. The monoisotopic (exact) mass is 617 g/mol. The van der Waals surface area contributed by atoms with Crippen LogP contribution in [0.5, 0.6) is 11.5 Å². The molecule has 1 N–H and O–H groups in total. The van der Waals surface area contributed by atoms with E-state index >= 15 is 0 Å². The summed E-state index contributed by atoms with van der Waals surface area (Å²) in [6.07, 6.45) is 1.48. The molecule has 1 amide bonds. The smallest absolute Gasteiger partial charge is 0.301 e. The topological polar surface area (TPSA) is 102 Å². The minimum absolute atomic E-state index is 0.00619. The van der Waals surface area contributed by atoms with Gasteiger partial charge in [-0.15, -0.1) is 10.2 Å². The van der Waals surface area contributed by atoms with E-state index < -0.39 is 17.7 Å². The van der Waals surface area contributed by atoms with Crippen molar-refractivity contribution in [2.75, 3.05) is 11.5 Å². The summed E-state index contributed by atoms with van der Waals surface area (Å²) >= 11 is 2.40. The van der Waals surface area contributed by atoms with Gasteiger partial charge in [-0.3, -0.25) is 14.5 Å². The third kappa shape index (κ3) is 5.74. The van der Waals surface area contributed by atoms with Crippen molar-refractivity contribution in [2.45, 2.75) is 48.9 Å². The predicted octanol–water partition coefficient (Wildman–Crippen LogP) is 6.71. The number of ketones is 1. The SMILES string of the molecule is CCCOc1cccc([C@H]2/C(=C(\O)c3ccc4c(c3)C[C@@H](C)O4)C(=O)C(=O)N2c2nnc(SCc3ccccc3F)s2)c1. The lowest BCUT2D eigenvalue weighted by Crippen LogP contribution is -2.29. The molecule has 3 aromatic carbocycles. The highest BCUT2D eigenvalue weighted by atomic mass is 32.2. The van der Waals surface area contributed by atoms with Crippen LogP contribution in [0.15, 0.2) is 76.6 Å². The van der Waals surface area contributed by atoms with Gasteiger partial charge in [-0.1, -0.05) is 60.4 Å². The highest BCUT2D eigenvalue weighted by Crippen LogP contribution is 2.45. The molecular weight excluding hydrogens is 590 g/mol. The van der Waals surface area contributed by atoms with Crippen molar-refractivity contribution in [1.82, 2.24) is 10.2 Å². The molecule has 6 rings (SSSR count). The number of hydrogen-bond donors (Lipinski definition) is 1. The Bertz CT molecular complexity index is 1740. The molecule has 1 fully saturated rings. The number of anilines is 1. The molecule has 4 aromatic rings. The fraction of sp³-hybridized carbons (Fsp3) is 0.250. The summed E-state index contributed by atoms with van der Waals surface area (Å²) in [6.45, 7) is 4.46. The first-order valence-electron chi connectivity index (χ1n) is 13.9. The van der Waals surface area contributed by atoms with Crippen molar-refractivity contribution < 1.29 is 28.6 Å². The van der Waals surface area contributed by atoms with Crippen LogP contribution in [-0.2, 0) is 21.8 Å². The van der Waals surface area contributed by atoms with E-state index in [1.54, 1.807) is 60.7 Å². The maximum atomic E-state index is 14.2. The highest BCUT2D eigenvalue weighted by Gasteiger charge is 2.48. The quantitative estimate of drug-likeness (QED) is 0.0727. The molecule has 2 aliphatic rings. The van der Waals surface area contributed by atoms with Crippen LogP contribution in [0.4, 0.5) is 9.52 Å². The fourth-order valence-electron chi connectivity index (χ4n) is 5.18. The molecule has 0 radical (unpaired) electrons. The maximum Gasteiger partial charge on any atom is 0.301 e. The zero-order chi connectivity index (χ0) is 30.1. The number of aliphatic hydroxyl groups excluding tert-OH is 1. The van der Waals surface area contributed by atoms with E-state index in [-0.39, 0.29) is 28.4 Å². The molecule has 0 saturated carbocycles. The van der Waals surface area contributed by atoms with Crippen molar-refractivity contribution in [2.24, 2.45) is 0 Å². The van der Waals surface area contributed by atoms with Crippen LogP contribution in [0, 0.1) is 5.82 Å². The van der Waals surface area contributed by atoms with Crippen LogP contribution in [0.3, 0.4) is 0 Å². The van der Waals surface area contributed by atoms with E-state index in [2.05, 4.69) is 10.2 Å². The Kier molecular flexibility index (Phi) is 8.18. The molecule has 43 heavy (non-hydrogen) atoms. The van der Waals surface area contributed by atoms with E-state index in [0.717, 1.165) is 29.1 Å². The van der Waals surface area contributed by atoms with Crippen molar-refractivity contribution in [3.8, 4) is 11.5 Å². The van der Waals surface area contributed by atoms with Gasteiger partial charge in [0.05, 0.1) is 18.2 Å². The number of aromatic nitrogens is 2. The minimum atomic E-state index is -0.981. The Labute approximate surface area is 256 Å². The van der Waals surface area contributed by atoms with Gasteiger partial charge in [0, 0.05) is 17.7 Å². The Hall–Kier alpha value is -4.22. The Morgan fingerprint density at radius 1 is 1.14 bits per heavy atom. The second-order valence-electron chi connectivity index (χ2n) is 10.3. The van der Waals surface area contributed by atoms with Gasteiger partial charge in [0.1, 0.15) is 29.2 Å². The number of thioether (sulfide) groups is 1. The third-order valence-electron chi connectivity index (χ3n) is 7.17. The lowest BCUT2D eigenvalue weighted by molar-refractivity contribution is -0.132. The normalized spacial score (nSPS) is 19.0. The summed E-state index contributed by atoms with van der Waals surface area (Å²) in [5, 5.41) is 20.2. The summed E-state index contributed by atoms with van der Waals surface area (Å²) < 4.78 is 26.3. The highest BCUT2D eigenvalue weighted by molar-refractivity contribution is 8.00. The summed E-state index contributed by atoms with van der Waals surface area (Å²) in [5.74, 6) is -0.631. The lowest BCUT2D eigenvalue weighted by atomic mass is 9.94. The van der Waals surface area contributed by atoms with Gasteiger partial charge in [-0.05, 0) is 66.4 Å². The van der Waals surface area contributed by atoms with E-state index in [1.165, 1.54) is 22.7 Å². The summed E-state index contributed by atoms with van der Waals surface area (Å²) in [7, 11) is 0. The van der Waals surface area contributed by atoms with Gasteiger partial charge < -0.3 is 14.6 Å². The first-order chi connectivity index (χ1) is 20.8. The number of aliphatic hydroxyl groups is 1. The number of carbonyl (C=O) groups is 2. The molecule has 3 heterocycles. The average Bonchev–Trinajstić information content (AvgIpc) is 3.70. The number of fused-ring (bicyclic) bond motifs is 1. The Balaban J connectivity index is 1.40. The number of Topliss-reactive ketones (excluding diaryl/α,β-unsaturated/α-hetero) is 1. The number of benzene rings is 3. The number of ether oxygens (including phenoxy) is 2. The van der Waals surface area contributed by atoms with Crippen molar-refractivity contribution in [3.63, 3.8) is 0 Å². The number of hydrogen-bond acceptors (Lipinski definition) is 9. The van der Waals surface area contributed by atoms with E-state index in [9.17, 15) is 19.1 Å². The molecule has 0 aliphatic carbocycles. The molecule has 1 aromatic heterocycles. The molecule has 8 nitrogen and oxygen atoms in total. The molecule has 220 valence electrons. The number of nitrogens with zero attached hydrogens (tertiary/aromatic N) is 3. The number of halogens is 1. The predicted molar refractivity (Wildman–Crippen MR) is 163 cm³/mol. The number of amides is 1. The third-order valence-corrected chi connectivity index (χ3v) is 9.28. The van der Waals surface area contributed by atoms with Crippen molar-refractivity contribution >= 4 is 45.7 Å². The Morgan fingerprint density at radius 2 is 1.98 bits per heavy atom. The zero-order valence-electron chi connectivity index (χ0n) is 23.5. The second-order valence-corrected chi connectivity index (χ2v) is 12.5. The van der Waals surface area contributed by atoms with Crippen LogP contribution in [-0.4, -0.2) is 39.7 Å². The van der Waals surface area contributed by atoms with Crippen LogP contribution in [0.2, 0.25) is 0 Å². The van der Waals surface area contributed by atoms with Gasteiger partial charge in [0.15, 0.2) is 4.34 Å². The van der Waals surface area contributed by atoms with Gasteiger partial charge >= 0.3 is 5.91 Å². The van der Waals surface area contributed by atoms with Crippen LogP contribution in [0.25, 0.3) is 5.76 Å². The van der Waals surface area contributed by atoms with Gasteiger partial charge in [0.2, 0.25) is 5.13 Å². The van der Waals surface area contributed by atoms with Crippen LogP contribution < -0.4 is 14.4 Å².